The van der Waals surface area contributed by atoms with Gasteiger partial charge in [0.25, 0.3) is 0 Å². The van der Waals surface area contributed by atoms with Gasteiger partial charge in [-0.05, 0) is 37.8 Å². The van der Waals surface area contributed by atoms with Crippen LogP contribution in [0.3, 0.4) is 0 Å². The van der Waals surface area contributed by atoms with Crippen molar-refractivity contribution in [2.24, 2.45) is 5.73 Å². The lowest BCUT2D eigenvalue weighted by Crippen LogP contribution is -2.34. The molecule has 0 atom stereocenters. The van der Waals surface area contributed by atoms with Crippen LogP contribution in [0.15, 0.2) is 24.3 Å². The van der Waals surface area contributed by atoms with Crippen molar-refractivity contribution >= 4 is 0 Å². The van der Waals surface area contributed by atoms with E-state index < -0.39 is 0 Å². The fourth-order valence-corrected chi connectivity index (χ4v) is 1.64. The molecule has 0 heterocycles. The van der Waals surface area contributed by atoms with E-state index in [1.807, 2.05) is 0 Å². The molecule has 2 N–H and O–H groups in total. The van der Waals surface area contributed by atoms with Gasteiger partial charge in [0.05, 0.1) is 0 Å². The van der Waals surface area contributed by atoms with E-state index >= 15 is 0 Å². The molecule has 0 saturated heterocycles. The van der Waals surface area contributed by atoms with Gasteiger partial charge in [-0.3, -0.25) is 0 Å². The molecule has 0 radical (unpaired) electrons. The summed E-state index contributed by atoms with van der Waals surface area (Å²) in [7, 11) is 0. The average molecular weight is 191 g/mol. The fourth-order valence-electron chi connectivity index (χ4n) is 1.64. The Hall–Kier alpha value is -0.820. The molecular weight excluding hydrogens is 170 g/mol. The first-order valence-corrected chi connectivity index (χ1v) is 5.38. The third-order valence-electron chi connectivity index (χ3n) is 2.22. The van der Waals surface area contributed by atoms with E-state index in [2.05, 4.69) is 45.0 Å². The molecule has 0 aliphatic rings. The van der Waals surface area contributed by atoms with Gasteiger partial charge in [0.1, 0.15) is 0 Å². The van der Waals surface area contributed by atoms with Crippen molar-refractivity contribution in [1.29, 1.82) is 0 Å². The van der Waals surface area contributed by atoms with Gasteiger partial charge in [-0.2, -0.15) is 0 Å². The highest BCUT2D eigenvalue weighted by atomic mass is 14.7. The monoisotopic (exact) mass is 191 g/mol. The maximum absolute atomic E-state index is 5.96. The minimum absolute atomic E-state index is 0.105. The van der Waals surface area contributed by atoms with Crippen LogP contribution in [0.2, 0.25) is 0 Å². The summed E-state index contributed by atoms with van der Waals surface area (Å²) in [6, 6.07) is 8.81. The van der Waals surface area contributed by atoms with E-state index in [0.717, 1.165) is 6.42 Å². The summed E-state index contributed by atoms with van der Waals surface area (Å²) >= 11 is 0. The molecule has 1 aromatic carbocycles. The van der Waals surface area contributed by atoms with Crippen LogP contribution in [0.1, 0.15) is 38.3 Å². The zero-order chi connectivity index (χ0) is 10.6. The van der Waals surface area contributed by atoms with Gasteiger partial charge in [0, 0.05) is 5.54 Å². The molecule has 0 bridgehead atoms. The highest BCUT2D eigenvalue weighted by Crippen LogP contribution is 2.12. The Kier molecular flexibility index (Phi) is 3.70. The summed E-state index contributed by atoms with van der Waals surface area (Å²) in [4.78, 5) is 0. The highest BCUT2D eigenvalue weighted by Gasteiger charge is 2.10. The molecule has 0 amide bonds. The van der Waals surface area contributed by atoms with Crippen LogP contribution in [0.25, 0.3) is 0 Å². The highest BCUT2D eigenvalue weighted by molar-refractivity contribution is 5.23. The van der Waals surface area contributed by atoms with Crippen molar-refractivity contribution in [2.45, 2.75) is 45.6 Å². The molecule has 1 rings (SSSR count). The van der Waals surface area contributed by atoms with Gasteiger partial charge in [-0.1, -0.05) is 37.6 Å². The van der Waals surface area contributed by atoms with Gasteiger partial charge in [0.2, 0.25) is 0 Å². The number of aryl methyl sites for hydroxylation is 1. The molecule has 0 fully saturated rings. The number of nitrogens with two attached hydrogens (primary N) is 1. The lowest BCUT2D eigenvalue weighted by atomic mass is 9.95. The van der Waals surface area contributed by atoms with E-state index in [-0.39, 0.29) is 5.54 Å². The van der Waals surface area contributed by atoms with Gasteiger partial charge >= 0.3 is 0 Å². The fraction of sp³-hybridized carbons (Fsp3) is 0.538. The Morgan fingerprint density at radius 1 is 1.07 bits per heavy atom. The molecule has 14 heavy (non-hydrogen) atoms. The maximum atomic E-state index is 5.96. The molecule has 0 aliphatic heterocycles. The van der Waals surface area contributed by atoms with Crippen molar-refractivity contribution in [1.82, 2.24) is 0 Å². The lowest BCUT2D eigenvalue weighted by Gasteiger charge is -2.18. The topological polar surface area (TPSA) is 26.0 Å². The lowest BCUT2D eigenvalue weighted by molar-refractivity contribution is 0.516. The van der Waals surface area contributed by atoms with Crippen LogP contribution < -0.4 is 5.73 Å². The van der Waals surface area contributed by atoms with E-state index in [1.54, 1.807) is 0 Å². The third kappa shape index (κ3) is 3.93. The van der Waals surface area contributed by atoms with E-state index in [0.29, 0.717) is 0 Å². The Balaban J connectivity index is 2.64. The van der Waals surface area contributed by atoms with Crippen LogP contribution in [0, 0.1) is 0 Å². The second-order valence-corrected chi connectivity index (χ2v) is 4.73. The Labute approximate surface area is 87.3 Å². The van der Waals surface area contributed by atoms with E-state index in [9.17, 15) is 0 Å². The predicted octanol–water partition coefficient (Wildman–Crippen LogP) is 2.92. The molecule has 0 aliphatic carbocycles. The molecule has 1 nitrogen and oxygen atoms in total. The molecule has 0 aromatic heterocycles. The number of benzene rings is 1. The number of hydrogen-bond donors (Lipinski definition) is 1. The van der Waals surface area contributed by atoms with Crippen molar-refractivity contribution < 1.29 is 0 Å². The molecule has 0 spiro atoms. The average Bonchev–Trinajstić information content (AvgIpc) is 2.06. The smallest absolute Gasteiger partial charge is 0.0138 e. The molecule has 78 valence electrons. The summed E-state index contributed by atoms with van der Waals surface area (Å²) in [5, 5.41) is 0. The largest absolute Gasteiger partial charge is 0.325 e. The first-order valence-electron chi connectivity index (χ1n) is 5.38. The zero-order valence-electron chi connectivity index (χ0n) is 9.51. The summed E-state index contributed by atoms with van der Waals surface area (Å²) in [6.07, 6.45) is 3.33. The maximum Gasteiger partial charge on any atom is 0.0138 e. The molecule has 1 heteroatoms. The standard InChI is InChI=1S/C13H21N/c1-4-5-11-6-8-12(9-7-11)10-13(2,3)14/h6-9H,4-5,10,14H2,1-3H3. The van der Waals surface area contributed by atoms with Crippen LogP contribution in [0.4, 0.5) is 0 Å². The summed E-state index contributed by atoms with van der Waals surface area (Å²) in [5.41, 5.74) is 8.61. The Morgan fingerprint density at radius 2 is 1.57 bits per heavy atom. The van der Waals surface area contributed by atoms with Crippen LogP contribution >= 0.6 is 0 Å². The third-order valence-corrected chi connectivity index (χ3v) is 2.22. The first kappa shape index (κ1) is 11.3. The SMILES string of the molecule is CCCc1ccc(CC(C)(C)N)cc1. The molecule has 0 unspecified atom stereocenters. The molecule has 0 saturated carbocycles. The van der Waals surface area contributed by atoms with Gasteiger partial charge in [-0.15, -0.1) is 0 Å². The first-order chi connectivity index (χ1) is 6.51. The van der Waals surface area contributed by atoms with Crippen LogP contribution in [-0.4, -0.2) is 5.54 Å². The van der Waals surface area contributed by atoms with Gasteiger partial charge in [-0.25, -0.2) is 0 Å². The number of hydrogen-bond acceptors (Lipinski definition) is 1. The van der Waals surface area contributed by atoms with Crippen molar-refractivity contribution in [3.63, 3.8) is 0 Å². The normalized spacial score (nSPS) is 11.7. The van der Waals surface area contributed by atoms with Crippen molar-refractivity contribution in [3.8, 4) is 0 Å². The second kappa shape index (κ2) is 4.61. The molecular formula is C13H21N. The predicted molar refractivity (Wildman–Crippen MR) is 62.4 cm³/mol. The van der Waals surface area contributed by atoms with Crippen molar-refractivity contribution in [3.05, 3.63) is 35.4 Å². The quantitative estimate of drug-likeness (QED) is 0.778. The van der Waals surface area contributed by atoms with Crippen molar-refractivity contribution in [2.75, 3.05) is 0 Å². The summed E-state index contributed by atoms with van der Waals surface area (Å²) in [6.45, 7) is 6.33. The van der Waals surface area contributed by atoms with E-state index in [1.165, 1.54) is 24.0 Å². The van der Waals surface area contributed by atoms with E-state index in [4.69, 9.17) is 5.73 Å². The summed E-state index contributed by atoms with van der Waals surface area (Å²) in [5.74, 6) is 0. The van der Waals surface area contributed by atoms with Gasteiger partial charge < -0.3 is 5.73 Å². The van der Waals surface area contributed by atoms with Gasteiger partial charge in [0.15, 0.2) is 0 Å². The van der Waals surface area contributed by atoms with Crippen LogP contribution in [-0.2, 0) is 12.8 Å². The Bertz CT molecular complexity index is 266. The molecule has 1 aromatic rings. The summed E-state index contributed by atoms with van der Waals surface area (Å²) < 4.78 is 0. The minimum atomic E-state index is -0.105. The zero-order valence-corrected chi connectivity index (χ0v) is 9.51. The second-order valence-electron chi connectivity index (χ2n) is 4.73. The van der Waals surface area contributed by atoms with Crippen LogP contribution in [0.5, 0.6) is 0 Å². The number of rotatable bonds is 4. The Morgan fingerprint density at radius 3 is 2.00 bits per heavy atom. The minimum Gasteiger partial charge on any atom is -0.325 e.